The van der Waals surface area contributed by atoms with Gasteiger partial charge in [0.1, 0.15) is 5.82 Å². The molecule has 2 fully saturated rings. The molecule has 5 heteroatoms. The minimum absolute atomic E-state index is 0.250. The van der Waals surface area contributed by atoms with Crippen LogP contribution in [0.4, 0.5) is 4.39 Å². The number of likely N-dealkylation sites (tertiary alicyclic amines) is 2. The third-order valence-electron chi connectivity index (χ3n) is 5.42. The lowest BCUT2D eigenvalue weighted by atomic mass is 9.72. The molecule has 0 saturated carbocycles. The van der Waals surface area contributed by atoms with Gasteiger partial charge in [-0.1, -0.05) is 23.7 Å². The molecule has 130 valence electrons. The summed E-state index contributed by atoms with van der Waals surface area (Å²) in [5, 5.41) is 0.496. The number of nitrogens with zero attached hydrogens (tertiary/aromatic N) is 2. The maximum absolute atomic E-state index is 13.2. The molecule has 3 nitrogen and oxygen atoms in total. The van der Waals surface area contributed by atoms with E-state index >= 15 is 0 Å². The number of rotatable bonds is 4. The molecule has 1 spiro atoms. The van der Waals surface area contributed by atoms with Gasteiger partial charge in [0.05, 0.1) is 0 Å². The number of piperidine rings is 2. The molecule has 2 saturated heterocycles. The highest BCUT2D eigenvalue weighted by Crippen LogP contribution is 2.40. The van der Waals surface area contributed by atoms with Crippen LogP contribution in [0.1, 0.15) is 31.2 Å². The first-order valence-corrected chi connectivity index (χ1v) is 8.94. The highest BCUT2D eigenvalue weighted by Gasteiger charge is 2.40. The van der Waals surface area contributed by atoms with Crippen molar-refractivity contribution in [2.24, 2.45) is 5.41 Å². The van der Waals surface area contributed by atoms with E-state index in [2.05, 4.69) is 11.5 Å². The van der Waals surface area contributed by atoms with Gasteiger partial charge in [-0.25, -0.2) is 4.39 Å². The van der Waals surface area contributed by atoms with Gasteiger partial charge < -0.3 is 4.90 Å². The number of hydrogen-bond acceptors (Lipinski definition) is 2. The van der Waals surface area contributed by atoms with Crippen LogP contribution < -0.4 is 0 Å². The molecule has 1 aromatic carbocycles. The lowest BCUT2D eigenvalue weighted by Crippen LogP contribution is -2.51. The molecule has 3 rings (SSSR count). The maximum atomic E-state index is 13.2. The average Bonchev–Trinajstić information content (AvgIpc) is 2.56. The molecule has 0 aliphatic carbocycles. The zero-order valence-corrected chi connectivity index (χ0v) is 14.7. The largest absolute Gasteiger partial charge is 0.338 e. The van der Waals surface area contributed by atoms with Gasteiger partial charge in [-0.15, -0.1) is 6.58 Å². The van der Waals surface area contributed by atoms with E-state index in [1.54, 1.807) is 6.07 Å². The summed E-state index contributed by atoms with van der Waals surface area (Å²) >= 11 is 6.14. The van der Waals surface area contributed by atoms with E-state index < -0.39 is 0 Å². The van der Waals surface area contributed by atoms with Crippen molar-refractivity contribution >= 4 is 17.5 Å². The summed E-state index contributed by atoms with van der Waals surface area (Å²) in [6, 6.07) is 4.61. The van der Waals surface area contributed by atoms with Gasteiger partial charge in [-0.3, -0.25) is 9.69 Å². The van der Waals surface area contributed by atoms with E-state index in [4.69, 9.17) is 11.6 Å². The van der Waals surface area contributed by atoms with Crippen LogP contribution >= 0.6 is 11.6 Å². The topological polar surface area (TPSA) is 23.6 Å². The minimum atomic E-state index is -0.296. The second kappa shape index (κ2) is 7.24. The highest BCUT2D eigenvalue weighted by atomic mass is 35.5. The smallest absolute Gasteiger partial charge is 0.222 e. The van der Waals surface area contributed by atoms with E-state index in [9.17, 15) is 9.18 Å². The van der Waals surface area contributed by atoms with Crippen LogP contribution in [0.5, 0.6) is 0 Å². The summed E-state index contributed by atoms with van der Waals surface area (Å²) in [4.78, 5) is 16.3. The van der Waals surface area contributed by atoms with Crippen LogP contribution in [0.15, 0.2) is 30.9 Å². The Morgan fingerprint density at radius 2 is 2.04 bits per heavy atom. The molecule has 0 radical (unpaired) electrons. The fourth-order valence-electron chi connectivity index (χ4n) is 3.91. The van der Waals surface area contributed by atoms with E-state index in [-0.39, 0.29) is 17.1 Å². The molecule has 0 N–H and O–H groups in total. The molecular weight excluding hydrogens is 327 g/mol. The number of hydrogen-bond donors (Lipinski definition) is 0. The first kappa shape index (κ1) is 17.4. The van der Waals surface area contributed by atoms with E-state index in [0.29, 0.717) is 18.0 Å². The van der Waals surface area contributed by atoms with Gasteiger partial charge in [0.25, 0.3) is 0 Å². The lowest BCUT2D eigenvalue weighted by Gasteiger charge is -2.47. The Labute approximate surface area is 148 Å². The normalized spacial score (nSPS) is 21.2. The molecule has 0 aromatic heterocycles. The summed E-state index contributed by atoms with van der Waals surface area (Å²) in [5.74, 6) is -0.0448. The predicted molar refractivity (Wildman–Crippen MR) is 94.4 cm³/mol. The zero-order chi connectivity index (χ0) is 17.2. The number of carbonyl (C=O) groups excluding carboxylic acids is 1. The second-order valence-electron chi connectivity index (χ2n) is 7.07. The van der Waals surface area contributed by atoms with Gasteiger partial charge in [0.2, 0.25) is 5.91 Å². The molecule has 0 unspecified atom stereocenters. The van der Waals surface area contributed by atoms with Gasteiger partial charge in [-0.05, 0) is 55.5 Å². The van der Waals surface area contributed by atoms with Crippen molar-refractivity contribution in [3.8, 4) is 0 Å². The second-order valence-corrected chi connectivity index (χ2v) is 7.48. The minimum Gasteiger partial charge on any atom is -0.338 e. The van der Waals surface area contributed by atoms with Gasteiger partial charge >= 0.3 is 0 Å². The fourth-order valence-corrected chi connectivity index (χ4v) is 4.14. The van der Waals surface area contributed by atoms with Crippen molar-refractivity contribution in [3.63, 3.8) is 0 Å². The van der Waals surface area contributed by atoms with Gasteiger partial charge in [0.15, 0.2) is 0 Å². The SMILES string of the molecule is C=CCN1CC2(CCC1=O)CCN(Cc1ccc(F)cc1Cl)CC2. The Hall–Kier alpha value is -1.39. The van der Waals surface area contributed by atoms with E-state index in [1.165, 1.54) is 12.1 Å². The molecular formula is C19H24ClFN2O. The van der Waals surface area contributed by atoms with Crippen molar-refractivity contribution in [3.05, 3.63) is 47.3 Å². The van der Waals surface area contributed by atoms with Crippen molar-refractivity contribution in [1.82, 2.24) is 9.80 Å². The van der Waals surface area contributed by atoms with Crippen LogP contribution in [-0.4, -0.2) is 41.9 Å². The Kier molecular flexibility index (Phi) is 5.26. The summed E-state index contributed by atoms with van der Waals surface area (Å²) < 4.78 is 13.2. The Morgan fingerprint density at radius 1 is 1.29 bits per heavy atom. The number of amides is 1. The van der Waals surface area contributed by atoms with Crippen LogP contribution in [0.25, 0.3) is 0 Å². The highest BCUT2D eigenvalue weighted by molar-refractivity contribution is 6.31. The molecule has 2 aliphatic heterocycles. The summed E-state index contributed by atoms with van der Waals surface area (Å²) in [7, 11) is 0. The van der Waals surface area contributed by atoms with Crippen molar-refractivity contribution in [1.29, 1.82) is 0 Å². The lowest BCUT2D eigenvalue weighted by molar-refractivity contribution is -0.138. The first-order chi connectivity index (χ1) is 11.5. The maximum Gasteiger partial charge on any atom is 0.222 e. The van der Waals surface area contributed by atoms with Crippen LogP contribution in [0.3, 0.4) is 0 Å². The molecule has 2 heterocycles. The Bertz CT molecular complexity index is 626. The Balaban J connectivity index is 1.59. The molecule has 0 bridgehead atoms. The molecule has 1 aromatic rings. The summed E-state index contributed by atoms with van der Waals surface area (Å²) in [6.07, 6.45) is 5.63. The molecule has 1 amide bonds. The molecule has 24 heavy (non-hydrogen) atoms. The predicted octanol–water partition coefficient (Wildman–Crippen LogP) is 3.87. The Morgan fingerprint density at radius 3 is 2.71 bits per heavy atom. The first-order valence-electron chi connectivity index (χ1n) is 8.56. The van der Waals surface area contributed by atoms with Crippen LogP contribution in [0, 0.1) is 11.2 Å². The quantitative estimate of drug-likeness (QED) is 0.770. The molecule has 0 atom stereocenters. The van der Waals surface area contributed by atoms with Crippen molar-refractivity contribution < 1.29 is 9.18 Å². The standard InChI is InChI=1S/C19H24ClFN2O/c1-2-9-23-14-19(6-5-18(23)24)7-10-22(11-8-19)13-15-3-4-16(21)12-17(15)20/h2-4,12H,1,5-11,13-14H2. The monoisotopic (exact) mass is 350 g/mol. The molecule has 2 aliphatic rings. The average molecular weight is 351 g/mol. The number of halogens is 2. The van der Waals surface area contributed by atoms with Crippen molar-refractivity contribution in [2.75, 3.05) is 26.2 Å². The number of carbonyl (C=O) groups is 1. The van der Waals surface area contributed by atoms with E-state index in [1.807, 2.05) is 11.0 Å². The van der Waals surface area contributed by atoms with Crippen molar-refractivity contribution in [2.45, 2.75) is 32.2 Å². The number of benzene rings is 1. The van der Waals surface area contributed by atoms with Gasteiger partial charge in [-0.2, -0.15) is 0 Å². The van der Waals surface area contributed by atoms with Gasteiger partial charge in [0, 0.05) is 31.1 Å². The van der Waals surface area contributed by atoms with Crippen LogP contribution in [-0.2, 0) is 11.3 Å². The van der Waals surface area contributed by atoms with E-state index in [0.717, 1.165) is 51.0 Å². The fraction of sp³-hybridized carbons (Fsp3) is 0.526. The zero-order valence-electron chi connectivity index (χ0n) is 13.9. The van der Waals surface area contributed by atoms with Crippen LogP contribution in [0.2, 0.25) is 5.02 Å². The third-order valence-corrected chi connectivity index (χ3v) is 5.78. The summed E-state index contributed by atoms with van der Waals surface area (Å²) in [5.41, 5.74) is 1.22. The summed E-state index contributed by atoms with van der Waals surface area (Å²) in [6.45, 7) is 7.99. The third kappa shape index (κ3) is 3.81.